The van der Waals surface area contributed by atoms with E-state index in [9.17, 15) is 36.6 Å². The molecule has 0 aliphatic carbocycles. The van der Waals surface area contributed by atoms with E-state index >= 15 is 0 Å². The van der Waals surface area contributed by atoms with Crippen molar-refractivity contribution in [3.8, 4) is 5.75 Å². The molecule has 40 heavy (non-hydrogen) atoms. The molecule has 0 aromatic heterocycles. The Bertz CT molecular complexity index is 1120. The molecule has 2 rings (SSSR count). The van der Waals surface area contributed by atoms with Gasteiger partial charge >= 0.3 is 24.3 Å². The van der Waals surface area contributed by atoms with Crippen molar-refractivity contribution in [1.82, 2.24) is 4.90 Å². The number of aliphatic carboxylic acids is 1. The average molecular weight is 617 g/mol. The minimum atomic E-state index is -5.86. The fourth-order valence-electron chi connectivity index (χ4n) is 3.27. The van der Waals surface area contributed by atoms with Gasteiger partial charge in [0.05, 0.1) is 23.9 Å². The molecular formula is C25H27Cl2F5N2O6. The summed E-state index contributed by atoms with van der Waals surface area (Å²) in [4.78, 5) is 25.2. The molecule has 1 unspecified atom stereocenters. The van der Waals surface area contributed by atoms with Gasteiger partial charge in [-0.25, -0.2) is 9.59 Å². The van der Waals surface area contributed by atoms with Crippen LogP contribution < -0.4 is 10.1 Å². The van der Waals surface area contributed by atoms with Crippen LogP contribution in [0, 0.1) is 0 Å². The molecule has 2 aromatic rings. The third-order valence-electron chi connectivity index (χ3n) is 5.26. The molecule has 2 N–H and O–H groups in total. The predicted molar refractivity (Wildman–Crippen MR) is 137 cm³/mol. The van der Waals surface area contributed by atoms with Gasteiger partial charge < -0.3 is 29.5 Å². The number of nitrogens with one attached hydrogen (secondary N) is 1. The molecule has 0 aliphatic rings. The smallest absolute Gasteiger partial charge is 0.482 e. The van der Waals surface area contributed by atoms with Gasteiger partial charge in [0, 0.05) is 24.6 Å². The number of hydrogen-bond acceptors (Lipinski definition) is 5. The zero-order valence-corrected chi connectivity index (χ0v) is 22.7. The molecular weight excluding hydrogens is 590 g/mol. The average Bonchev–Trinajstić information content (AvgIpc) is 2.87. The molecule has 2 amide bonds. The van der Waals surface area contributed by atoms with Crippen molar-refractivity contribution >= 4 is 40.9 Å². The fourth-order valence-corrected chi connectivity index (χ4v) is 3.72. The lowest BCUT2D eigenvalue weighted by Gasteiger charge is -2.24. The molecule has 0 spiro atoms. The molecule has 0 saturated heterocycles. The second-order valence-corrected chi connectivity index (χ2v) is 9.08. The summed E-state index contributed by atoms with van der Waals surface area (Å²) in [7, 11) is 0. The first-order valence-electron chi connectivity index (χ1n) is 11.9. The van der Waals surface area contributed by atoms with Crippen LogP contribution in [-0.2, 0) is 20.7 Å². The Hall–Kier alpha value is -2.87. The van der Waals surface area contributed by atoms with Gasteiger partial charge in [-0.05, 0) is 49.2 Å². The predicted octanol–water partition coefficient (Wildman–Crippen LogP) is 6.50. The Morgan fingerprint density at radius 2 is 1.70 bits per heavy atom. The molecule has 0 fully saturated rings. The van der Waals surface area contributed by atoms with E-state index in [0.29, 0.717) is 16.3 Å². The summed E-state index contributed by atoms with van der Waals surface area (Å²) in [5.74, 6) is -0.700. The molecule has 0 aliphatic heterocycles. The van der Waals surface area contributed by atoms with Crippen LogP contribution in [0.4, 0.5) is 32.4 Å². The highest BCUT2D eigenvalue weighted by Crippen LogP contribution is 2.36. The van der Waals surface area contributed by atoms with Crippen LogP contribution in [0.5, 0.6) is 5.75 Å². The lowest BCUT2D eigenvalue weighted by Crippen LogP contribution is -2.41. The maximum absolute atomic E-state index is 13.0. The minimum Gasteiger partial charge on any atom is -0.492 e. The highest BCUT2D eigenvalue weighted by atomic mass is 35.5. The van der Waals surface area contributed by atoms with Crippen LogP contribution in [0.15, 0.2) is 42.5 Å². The maximum Gasteiger partial charge on any atom is 0.482 e. The standard InChI is InChI=1S/C25H27Cl2F5N2O6/c1-2-38-21(22(35)36)14-16-4-7-18(8-5-16)39-13-11-34(10-3-12-40-25(31,32)24(28,29)30)23(37)33-20-9-6-17(26)15-19(20)27/h4-9,15,21H,2-3,10-14H2,1H3,(H,33,37)(H,35,36). The number of rotatable bonds is 15. The SMILES string of the molecule is CCOC(Cc1ccc(OCCN(CCCOC(F)(F)C(F)(F)F)C(=O)Nc2ccc(Cl)cc2Cl)cc1)C(=O)O. The van der Waals surface area contributed by atoms with Crippen molar-refractivity contribution in [2.75, 3.05) is 38.2 Å². The third kappa shape index (κ3) is 10.6. The van der Waals surface area contributed by atoms with E-state index < -0.39 is 37.0 Å². The molecule has 0 heterocycles. The fraction of sp³-hybridized carbons (Fsp3) is 0.440. The number of carbonyl (C=O) groups excluding carboxylic acids is 1. The first kappa shape index (κ1) is 33.3. The highest BCUT2D eigenvalue weighted by Gasteiger charge is 2.59. The molecule has 15 heteroatoms. The van der Waals surface area contributed by atoms with E-state index in [-0.39, 0.29) is 49.9 Å². The van der Waals surface area contributed by atoms with Gasteiger partial charge in [-0.3, -0.25) is 0 Å². The second-order valence-electron chi connectivity index (χ2n) is 8.24. The number of ether oxygens (including phenoxy) is 3. The number of alkyl halides is 5. The second kappa shape index (κ2) is 15.2. The summed E-state index contributed by atoms with van der Waals surface area (Å²) in [6.07, 6.45) is -12.4. The van der Waals surface area contributed by atoms with Crippen molar-refractivity contribution in [3.63, 3.8) is 0 Å². The third-order valence-corrected chi connectivity index (χ3v) is 5.81. The Morgan fingerprint density at radius 3 is 2.27 bits per heavy atom. The maximum atomic E-state index is 13.0. The Balaban J connectivity index is 1.99. The van der Waals surface area contributed by atoms with Gasteiger partial charge in [-0.15, -0.1) is 0 Å². The molecule has 222 valence electrons. The van der Waals surface area contributed by atoms with E-state index in [1.54, 1.807) is 31.2 Å². The van der Waals surface area contributed by atoms with Crippen molar-refractivity contribution in [2.24, 2.45) is 0 Å². The summed E-state index contributed by atoms with van der Waals surface area (Å²) in [5, 5.41) is 12.2. The van der Waals surface area contributed by atoms with E-state index in [1.807, 2.05) is 0 Å². The van der Waals surface area contributed by atoms with Crippen LogP contribution in [0.3, 0.4) is 0 Å². The molecule has 0 bridgehead atoms. The molecule has 8 nitrogen and oxygen atoms in total. The Morgan fingerprint density at radius 1 is 1.02 bits per heavy atom. The number of nitrogens with zero attached hydrogens (tertiary/aromatic N) is 1. The topological polar surface area (TPSA) is 97.3 Å². The van der Waals surface area contributed by atoms with E-state index in [1.165, 1.54) is 18.2 Å². The van der Waals surface area contributed by atoms with Gasteiger partial charge in [-0.1, -0.05) is 35.3 Å². The Labute approximate surface area is 236 Å². The first-order chi connectivity index (χ1) is 18.7. The van der Waals surface area contributed by atoms with Crippen molar-refractivity contribution in [1.29, 1.82) is 0 Å². The highest BCUT2D eigenvalue weighted by molar-refractivity contribution is 6.36. The van der Waals surface area contributed by atoms with Crippen LogP contribution in [0.1, 0.15) is 18.9 Å². The summed E-state index contributed by atoms with van der Waals surface area (Å²) in [5.41, 5.74) is 0.883. The largest absolute Gasteiger partial charge is 0.492 e. The number of hydrogen-bond donors (Lipinski definition) is 2. The zero-order chi connectivity index (χ0) is 29.9. The van der Waals surface area contributed by atoms with Crippen LogP contribution in [0.2, 0.25) is 10.0 Å². The molecule has 2 aromatic carbocycles. The van der Waals surface area contributed by atoms with E-state index in [0.717, 1.165) is 4.90 Å². The summed E-state index contributed by atoms with van der Waals surface area (Å²) >= 11 is 11.9. The number of carbonyl (C=O) groups is 2. The first-order valence-corrected chi connectivity index (χ1v) is 12.6. The van der Waals surface area contributed by atoms with Gasteiger partial charge in [0.2, 0.25) is 0 Å². The summed E-state index contributed by atoms with van der Waals surface area (Å²) < 4.78 is 77.5. The minimum absolute atomic E-state index is 0.0720. The van der Waals surface area contributed by atoms with Gasteiger partial charge in [0.25, 0.3) is 0 Å². The number of benzene rings is 2. The van der Waals surface area contributed by atoms with Gasteiger partial charge in [0.15, 0.2) is 6.10 Å². The lowest BCUT2D eigenvalue weighted by molar-refractivity contribution is -0.391. The molecule has 0 saturated carbocycles. The quantitative estimate of drug-likeness (QED) is 0.175. The van der Waals surface area contributed by atoms with Crippen molar-refractivity contribution in [3.05, 3.63) is 58.1 Å². The number of amides is 2. The summed E-state index contributed by atoms with van der Waals surface area (Å²) in [6.45, 7) is 0.548. The number of anilines is 1. The number of urea groups is 1. The van der Waals surface area contributed by atoms with E-state index in [2.05, 4.69) is 10.1 Å². The normalized spacial score (nSPS) is 12.6. The zero-order valence-electron chi connectivity index (χ0n) is 21.1. The van der Waals surface area contributed by atoms with Gasteiger partial charge in [0.1, 0.15) is 12.4 Å². The van der Waals surface area contributed by atoms with Crippen LogP contribution in [-0.4, -0.2) is 73.3 Å². The van der Waals surface area contributed by atoms with Crippen molar-refractivity contribution < 1.29 is 50.9 Å². The number of halogens is 7. The lowest BCUT2D eigenvalue weighted by atomic mass is 10.1. The van der Waals surface area contributed by atoms with Crippen molar-refractivity contribution in [2.45, 2.75) is 38.2 Å². The monoisotopic (exact) mass is 616 g/mol. The summed E-state index contributed by atoms with van der Waals surface area (Å²) in [6, 6.07) is 10.0. The number of carboxylic acids is 1. The molecule has 0 radical (unpaired) electrons. The Kier molecular flexibility index (Phi) is 12.7. The van der Waals surface area contributed by atoms with Crippen LogP contribution in [0.25, 0.3) is 0 Å². The molecule has 1 atom stereocenters. The number of carboxylic acid groups (broad SMARTS) is 1. The van der Waals surface area contributed by atoms with Crippen LogP contribution >= 0.6 is 23.2 Å². The van der Waals surface area contributed by atoms with E-state index in [4.69, 9.17) is 32.7 Å². The van der Waals surface area contributed by atoms with Gasteiger partial charge in [-0.2, -0.15) is 22.0 Å².